The highest BCUT2D eigenvalue weighted by atomic mass is 16.2. The number of carbonyl (C=O) groups excluding carboxylic acids is 1. The van der Waals surface area contributed by atoms with E-state index in [0.29, 0.717) is 36.6 Å². The third kappa shape index (κ3) is 3.34. The normalized spacial score (nSPS) is 21.6. The van der Waals surface area contributed by atoms with E-state index in [0.717, 1.165) is 30.5 Å². The maximum Gasteiger partial charge on any atom is 0.267 e. The molecule has 2 aromatic heterocycles. The van der Waals surface area contributed by atoms with Gasteiger partial charge in [0.2, 0.25) is 5.91 Å². The van der Waals surface area contributed by atoms with Crippen LogP contribution in [-0.4, -0.2) is 44.1 Å². The van der Waals surface area contributed by atoms with Crippen LogP contribution in [0.15, 0.2) is 9.59 Å². The molecule has 1 amide bonds. The Morgan fingerprint density at radius 1 is 1.17 bits per heavy atom. The van der Waals surface area contributed by atoms with Crippen molar-refractivity contribution in [2.75, 3.05) is 13.1 Å². The summed E-state index contributed by atoms with van der Waals surface area (Å²) in [5.41, 5.74) is 2.03. The highest BCUT2D eigenvalue weighted by molar-refractivity contribution is 5.79. The third-order valence-electron chi connectivity index (χ3n) is 6.43. The Kier molecular flexibility index (Phi) is 4.55. The lowest BCUT2D eigenvalue weighted by Gasteiger charge is -2.40. The summed E-state index contributed by atoms with van der Waals surface area (Å²) in [6, 6.07) is 0. The van der Waals surface area contributed by atoms with Gasteiger partial charge in [-0.3, -0.25) is 19.5 Å². The fraction of sp³-hybridized carbons (Fsp3) is 0.619. The van der Waals surface area contributed by atoms with Gasteiger partial charge in [-0.15, -0.1) is 0 Å². The number of nitrogens with one attached hydrogen (secondary N) is 3. The minimum Gasteiger partial charge on any atom is -0.341 e. The predicted molar refractivity (Wildman–Crippen MR) is 109 cm³/mol. The van der Waals surface area contributed by atoms with E-state index in [4.69, 9.17) is 4.98 Å². The van der Waals surface area contributed by atoms with E-state index >= 15 is 0 Å². The zero-order valence-electron chi connectivity index (χ0n) is 17.6. The number of piperidine rings is 1. The molecule has 2 aromatic rings. The average Bonchev–Trinajstić information content (AvgIpc) is 3.16. The molecule has 1 spiro atoms. The second kappa shape index (κ2) is 6.71. The molecule has 1 fully saturated rings. The molecule has 8 nitrogen and oxygen atoms in total. The molecule has 0 bridgehead atoms. The number of rotatable bonds is 2. The van der Waals surface area contributed by atoms with Crippen molar-refractivity contribution in [1.29, 1.82) is 0 Å². The predicted octanol–water partition coefficient (Wildman–Crippen LogP) is 1.44. The molecule has 1 aliphatic carbocycles. The van der Waals surface area contributed by atoms with Crippen LogP contribution < -0.4 is 11.1 Å². The summed E-state index contributed by atoms with van der Waals surface area (Å²) in [7, 11) is 0. The van der Waals surface area contributed by atoms with E-state index in [1.165, 1.54) is 0 Å². The first kappa shape index (κ1) is 19.7. The number of aromatic amines is 3. The summed E-state index contributed by atoms with van der Waals surface area (Å²) in [6.45, 7) is 9.12. The molecule has 1 saturated heterocycles. The highest BCUT2D eigenvalue weighted by Crippen LogP contribution is 2.43. The summed E-state index contributed by atoms with van der Waals surface area (Å²) in [6.07, 6.45) is 3.41. The molecule has 1 unspecified atom stereocenters. The first-order chi connectivity index (χ1) is 13.6. The Balaban J connectivity index is 1.64. The zero-order chi connectivity index (χ0) is 21.0. The van der Waals surface area contributed by atoms with Crippen LogP contribution in [0.2, 0.25) is 0 Å². The van der Waals surface area contributed by atoms with Crippen LogP contribution in [0.1, 0.15) is 68.4 Å². The lowest BCUT2D eigenvalue weighted by atomic mass is 9.77. The number of amides is 1. The quantitative estimate of drug-likeness (QED) is 0.709. The van der Waals surface area contributed by atoms with Gasteiger partial charge in [0.15, 0.2) is 0 Å². The summed E-state index contributed by atoms with van der Waals surface area (Å²) >= 11 is 0. The fourth-order valence-electron chi connectivity index (χ4n) is 4.70. The second-order valence-electron chi connectivity index (χ2n) is 9.55. The molecule has 29 heavy (non-hydrogen) atoms. The largest absolute Gasteiger partial charge is 0.341 e. The van der Waals surface area contributed by atoms with Gasteiger partial charge in [0.25, 0.3) is 11.1 Å². The van der Waals surface area contributed by atoms with Gasteiger partial charge in [0.05, 0.1) is 12.1 Å². The van der Waals surface area contributed by atoms with Crippen LogP contribution in [0.25, 0.3) is 0 Å². The number of aromatic nitrogens is 4. The standard InChI is InChI=1S/C21H29N5O3/c1-12-14(18(29)25-24-12)10-15(27)26-9-5-7-21(11-26)8-6-13-16(21)22-19(20(2,3)4)23-17(13)28/h5-11H2,1-4H3,(H,22,23,28)(H2,24,25,29). The lowest BCUT2D eigenvalue weighted by molar-refractivity contribution is -0.132. The van der Waals surface area contributed by atoms with Gasteiger partial charge in [-0.25, -0.2) is 4.98 Å². The lowest BCUT2D eigenvalue weighted by Crippen LogP contribution is -2.49. The molecule has 1 aliphatic heterocycles. The molecule has 1 atom stereocenters. The Hall–Kier alpha value is -2.64. The maximum absolute atomic E-state index is 13.0. The number of aryl methyl sites for hydroxylation is 1. The van der Waals surface area contributed by atoms with Crippen LogP contribution >= 0.6 is 0 Å². The van der Waals surface area contributed by atoms with Crippen molar-refractivity contribution < 1.29 is 4.79 Å². The number of hydrogen-bond donors (Lipinski definition) is 3. The van der Waals surface area contributed by atoms with Gasteiger partial charge < -0.3 is 15.0 Å². The van der Waals surface area contributed by atoms with E-state index in [9.17, 15) is 14.4 Å². The van der Waals surface area contributed by atoms with E-state index in [-0.39, 0.29) is 34.3 Å². The Morgan fingerprint density at radius 2 is 1.93 bits per heavy atom. The molecule has 0 radical (unpaired) electrons. The van der Waals surface area contributed by atoms with Crippen LogP contribution in [0, 0.1) is 6.92 Å². The minimum atomic E-state index is -0.267. The van der Waals surface area contributed by atoms with E-state index < -0.39 is 0 Å². The SMILES string of the molecule is Cc1[nH][nH]c(=O)c1CC(=O)N1CCCC2(CCc3c2nc(C(C)(C)C)[nH]c3=O)C1. The number of likely N-dealkylation sites (tertiary alicyclic amines) is 1. The van der Waals surface area contributed by atoms with Crippen molar-refractivity contribution in [3.05, 3.63) is 49.0 Å². The van der Waals surface area contributed by atoms with E-state index in [1.807, 2.05) is 25.7 Å². The number of fused-ring (bicyclic) bond motifs is 2. The molecule has 4 rings (SSSR count). The molecular weight excluding hydrogens is 370 g/mol. The average molecular weight is 399 g/mol. The number of nitrogens with zero attached hydrogens (tertiary/aromatic N) is 2. The van der Waals surface area contributed by atoms with E-state index in [1.54, 1.807) is 6.92 Å². The number of hydrogen-bond acceptors (Lipinski definition) is 4. The van der Waals surface area contributed by atoms with Gasteiger partial charge in [0, 0.05) is 40.7 Å². The first-order valence-corrected chi connectivity index (χ1v) is 10.3. The topological polar surface area (TPSA) is 115 Å². The van der Waals surface area contributed by atoms with E-state index in [2.05, 4.69) is 15.2 Å². The van der Waals surface area contributed by atoms with Gasteiger partial charge >= 0.3 is 0 Å². The summed E-state index contributed by atoms with van der Waals surface area (Å²) in [5, 5.41) is 5.31. The van der Waals surface area contributed by atoms with Crippen molar-refractivity contribution >= 4 is 5.91 Å². The van der Waals surface area contributed by atoms with Crippen LogP contribution in [0.3, 0.4) is 0 Å². The van der Waals surface area contributed by atoms with Crippen LogP contribution in [0.4, 0.5) is 0 Å². The molecule has 0 aromatic carbocycles. The van der Waals surface area contributed by atoms with Crippen molar-refractivity contribution in [3.63, 3.8) is 0 Å². The fourth-order valence-corrected chi connectivity index (χ4v) is 4.70. The molecule has 8 heteroatoms. The Labute approximate surface area is 169 Å². The highest BCUT2D eigenvalue weighted by Gasteiger charge is 2.46. The van der Waals surface area contributed by atoms with Crippen molar-refractivity contribution in [3.8, 4) is 0 Å². The van der Waals surface area contributed by atoms with Crippen molar-refractivity contribution in [2.24, 2.45) is 0 Å². The summed E-state index contributed by atoms with van der Waals surface area (Å²) < 4.78 is 0. The number of H-pyrrole nitrogens is 3. The van der Waals surface area contributed by atoms with Gasteiger partial charge in [-0.2, -0.15) is 0 Å². The summed E-state index contributed by atoms with van der Waals surface area (Å²) in [5.74, 6) is 0.645. The second-order valence-corrected chi connectivity index (χ2v) is 9.55. The summed E-state index contributed by atoms with van der Waals surface area (Å²) in [4.78, 5) is 47.3. The first-order valence-electron chi connectivity index (χ1n) is 10.3. The van der Waals surface area contributed by atoms with Crippen molar-refractivity contribution in [2.45, 2.75) is 70.6 Å². The molecule has 3 N–H and O–H groups in total. The van der Waals surface area contributed by atoms with Crippen LogP contribution in [0.5, 0.6) is 0 Å². The Bertz CT molecular complexity index is 1070. The third-order valence-corrected chi connectivity index (χ3v) is 6.43. The molecular formula is C21H29N5O3. The maximum atomic E-state index is 13.0. The smallest absolute Gasteiger partial charge is 0.267 e. The molecule has 156 valence electrons. The van der Waals surface area contributed by atoms with Crippen LogP contribution in [-0.2, 0) is 28.5 Å². The molecule has 3 heterocycles. The Morgan fingerprint density at radius 3 is 2.59 bits per heavy atom. The zero-order valence-corrected chi connectivity index (χ0v) is 17.6. The minimum absolute atomic E-state index is 0.0465. The number of carbonyl (C=O) groups is 1. The van der Waals surface area contributed by atoms with Gasteiger partial charge in [-0.1, -0.05) is 20.8 Å². The molecule has 2 aliphatic rings. The monoisotopic (exact) mass is 399 g/mol. The molecule has 0 saturated carbocycles. The van der Waals surface area contributed by atoms with Gasteiger partial charge in [-0.05, 0) is 32.6 Å². The van der Waals surface area contributed by atoms with Crippen molar-refractivity contribution in [1.82, 2.24) is 25.1 Å². The van der Waals surface area contributed by atoms with Gasteiger partial charge in [0.1, 0.15) is 5.82 Å².